The minimum absolute atomic E-state index is 0.354. The lowest BCUT2D eigenvalue weighted by atomic mass is 9.82. The van der Waals surface area contributed by atoms with Gasteiger partial charge in [-0.05, 0) is 23.2 Å². The summed E-state index contributed by atoms with van der Waals surface area (Å²) >= 11 is 2.04. The molecule has 0 aliphatic carbocycles. The van der Waals surface area contributed by atoms with Crippen molar-refractivity contribution in [3.63, 3.8) is 0 Å². The van der Waals surface area contributed by atoms with Gasteiger partial charge in [0.05, 0.1) is 18.4 Å². The third-order valence-corrected chi connectivity index (χ3v) is 5.34. The number of hydrogen-bond acceptors (Lipinski definition) is 3. The van der Waals surface area contributed by atoms with Crippen LogP contribution in [0.25, 0.3) is 0 Å². The molecule has 1 aliphatic heterocycles. The van der Waals surface area contributed by atoms with E-state index in [0.717, 1.165) is 12.2 Å². The lowest BCUT2D eigenvalue weighted by Crippen LogP contribution is -2.41. The predicted octanol–water partition coefficient (Wildman–Crippen LogP) is 3.88. The molecule has 0 spiro atoms. The van der Waals surface area contributed by atoms with Crippen molar-refractivity contribution < 1.29 is 0 Å². The van der Waals surface area contributed by atoms with Crippen LogP contribution in [0, 0.1) is 5.41 Å². The van der Waals surface area contributed by atoms with Gasteiger partial charge in [-0.25, -0.2) is 0 Å². The molecular formula is C17H23N3S. The number of aromatic nitrogens is 2. The van der Waals surface area contributed by atoms with Crippen molar-refractivity contribution >= 4 is 17.4 Å². The molecule has 0 saturated carbocycles. The maximum Gasteiger partial charge on any atom is 0.0729 e. The molecule has 1 fully saturated rings. The monoisotopic (exact) mass is 301 g/mol. The number of benzene rings is 1. The van der Waals surface area contributed by atoms with Gasteiger partial charge in [0.1, 0.15) is 0 Å². The van der Waals surface area contributed by atoms with Crippen molar-refractivity contribution in [1.29, 1.82) is 0 Å². The summed E-state index contributed by atoms with van der Waals surface area (Å²) in [5, 5.41) is 8.15. The molecule has 0 amide bonds. The molecule has 1 N–H and O–H groups in total. The van der Waals surface area contributed by atoms with Crippen LogP contribution in [-0.4, -0.2) is 27.3 Å². The van der Waals surface area contributed by atoms with Crippen LogP contribution >= 0.6 is 11.8 Å². The maximum absolute atomic E-state index is 4.47. The summed E-state index contributed by atoms with van der Waals surface area (Å²) in [5.74, 6) is 2.45. The van der Waals surface area contributed by atoms with Gasteiger partial charge in [-0.15, -0.1) is 0 Å². The summed E-state index contributed by atoms with van der Waals surface area (Å²) in [5.41, 5.74) is 2.76. The van der Waals surface area contributed by atoms with Gasteiger partial charge in [-0.3, -0.25) is 4.68 Å². The van der Waals surface area contributed by atoms with Gasteiger partial charge < -0.3 is 5.32 Å². The second-order valence-electron chi connectivity index (χ2n) is 6.42. The summed E-state index contributed by atoms with van der Waals surface area (Å²) in [4.78, 5) is 0. The highest BCUT2D eigenvalue weighted by molar-refractivity contribution is 7.99. The molecule has 3 nitrogen and oxygen atoms in total. The van der Waals surface area contributed by atoms with E-state index in [2.05, 4.69) is 54.7 Å². The molecule has 2 aromatic rings. The summed E-state index contributed by atoms with van der Waals surface area (Å²) in [6.45, 7) is 5.54. The lowest BCUT2D eigenvalue weighted by Gasteiger charge is -2.38. The number of rotatable bonds is 4. The zero-order valence-corrected chi connectivity index (χ0v) is 13.6. The number of thioether (sulfide) groups is 1. The van der Waals surface area contributed by atoms with Crippen LogP contribution in [0.5, 0.6) is 0 Å². The zero-order chi connectivity index (χ0) is 14.7. The Morgan fingerprint density at radius 3 is 2.90 bits per heavy atom. The molecule has 2 heterocycles. The van der Waals surface area contributed by atoms with E-state index in [1.165, 1.54) is 23.5 Å². The van der Waals surface area contributed by atoms with Crippen molar-refractivity contribution in [2.45, 2.75) is 32.9 Å². The molecule has 1 aliphatic rings. The molecule has 112 valence electrons. The number of anilines is 1. The first kappa shape index (κ1) is 14.5. The van der Waals surface area contributed by atoms with Crippen molar-refractivity contribution in [1.82, 2.24) is 9.78 Å². The molecule has 21 heavy (non-hydrogen) atoms. The van der Waals surface area contributed by atoms with E-state index >= 15 is 0 Å². The quantitative estimate of drug-likeness (QED) is 0.929. The normalized spacial score (nSPS) is 21.1. The second-order valence-corrected chi connectivity index (χ2v) is 7.57. The van der Waals surface area contributed by atoms with Crippen molar-refractivity contribution in [2.75, 3.05) is 16.8 Å². The van der Waals surface area contributed by atoms with Crippen LogP contribution in [0.4, 0.5) is 5.69 Å². The summed E-state index contributed by atoms with van der Waals surface area (Å²) in [6, 6.07) is 11.0. The summed E-state index contributed by atoms with van der Waals surface area (Å²) in [7, 11) is 0. The molecule has 1 aromatic carbocycles. The van der Waals surface area contributed by atoms with Gasteiger partial charge >= 0.3 is 0 Å². The number of nitrogens with zero attached hydrogens (tertiary/aromatic N) is 2. The molecule has 1 atom stereocenters. The van der Waals surface area contributed by atoms with Crippen LogP contribution in [0.3, 0.4) is 0 Å². The third-order valence-electron chi connectivity index (χ3n) is 4.28. The molecular weight excluding hydrogens is 278 g/mol. The smallest absolute Gasteiger partial charge is 0.0729 e. The van der Waals surface area contributed by atoms with Crippen molar-refractivity contribution in [3.8, 4) is 0 Å². The average molecular weight is 301 g/mol. The molecule has 1 saturated heterocycles. The Hall–Kier alpha value is -1.42. The van der Waals surface area contributed by atoms with E-state index in [9.17, 15) is 0 Å². The fraction of sp³-hybridized carbons (Fsp3) is 0.471. The Kier molecular flexibility index (Phi) is 4.24. The molecule has 0 bridgehead atoms. The molecule has 0 radical (unpaired) electrons. The molecule has 1 aromatic heterocycles. The minimum Gasteiger partial charge on any atom is -0.378 e. The largest absolute Gasteiger partial charge is 0.378 e. The van der Waals surface area contributed by atoms with Gasteiger partial charge in [0.2, 0.25) is 0 Å². The van der Waals surface area contributed by atoms with Gasteiger partial charge in [-0.2, -0.15) is 16.9 Å². The fourth-order valence-electron chi connectivity index (χ4n) is 2.67. The third kappa shape index (κ3) is 3.62. The van der Waals surface area contributed by atoms with Gasteiger partial charge in [-0.1, -0.05) is 44.2 Å². The first-order chi connectivity index (χ1) is 10.1. The van der Waals surface area contributed by atoms with Gasteiger partial charge in [0.25, 0.3) is 0 Å². The standard InChI is InChI=1S/C17H23N3S/c1-17(2)8-9-21-13-16(17)19-15-10-18-20(12-15)11-14-6-4-3-5-7-14/h3-7,10,12,16,19H,8-9,11,13H2,1-2H3. The lowest BCUT2D eigenvalue weighted by molar-refractivity contribution is 0.305. The first-order valence-electron chi connectivity index (χ1n) is 7.54. The number of nitrogens with one attached hydrogen (secondary N) is 1. The van der Waals surface area contributed by atoms with Gasteiger partial charge in [0, 0.05) is 18.0 Å². The molecule has 4 heteroatoms. The van der Waals surface area contributed by atoms with Crippen molar-refractivity contribution in [2.24, 2.45) is 5.41 Å². The maximum atomic E-state index is 4.47. The summed E-state index contributed by atoms with van der Waals surface area (Å²) < 4.78 is 2.00. The van der Waals surface area contributed by atoms with Crippen LogP contribution in [-0.2, 0) is 6.54 Å². The van der Waals surface area contributed by atoms with Crippen LogP contribution in [0.2, 0.25) is 0 Å². The number of hydrogen-bond donors (Lipinski definition) is 1. The zero-order valence-electron chi connectivity index (χ0n) is 12.7. The van der Waals surface area contributed by atoms with Crippen molar-refractivity contribution in [3.05, 3.63) is 48.3 Å². The highest BCUT2D eigenvalue weighted by Gasteiger charge is 2.32. The first-order valence-corrected chi connectivity index (χ1v) is 8.70. The van der Waals surface area contributed by atoms with Crippen LogP contribution in [0.15, 0.2) is 42.7 Å². The Labute approximate surface area is 131 Å². The SMILES string of the molecule is CC1(C)CCSCC1Nc1cnn(Cc2ccccc2)c1. The molecule has 1 unspecified atom stereocenters. The second kappa shape index (κ2) is 6.14. The topological polar surface area (TPSA) is 29.9 Å². The Morgan fingerprint density at radius 2 is 2.14 bits per heavy atom. The predicted molar refractivity (Wildman–Crippen MR) is 90.9 cm³/mol. The highest BCUT2D eigenvalue weighted by atomic mass is 32.2. The van der Waals surface area contributed by atoms with Crippen LogP contribution < -0.4 is 5.32 Å². The Bertz CT molecular complexity index is 577. The molecule has 3 rings (SSSR count). The average Bonchev–Trinajstić information content (AvgIpc) is 2.90. The van der Waals surface area contributed by atoms with E-state index in [1.807, 2.05) is 28.7 Å². The Balaban J connectivity index is 1.65. The fourth-order valence-corrected chi connectivity index (χ4v) is 4.28. The minimum atomic E-state index is 0.354. The highest BCUT2D eigenvalue weighted by Crippen LogP contribution is 2.35. The summed E-state index contributed by atoms with van der Waals surface area (Å²) in [6.07, 6.45) is 5.33. The van der Waals surface area contributed by atoms with E-state index in [-0.39, 0.29) is 0 Å². The van der Waals surface area contributed by atoms with E-state index < -0.39 is 0 Å². The Morgan fingerprint density at radius 1 is 1.33 bits per heavy atom. The van der Waals surface area contributed by atoms with E-state index in [4.69, 9.17) is 0 Å². The van der Waals surface area contributed by atoms with E-state index in [1.54, 1.807) is 0 Å². The van der Waals surface area contributed by atoms with E-state index in [0.29, 0.717) is 11.5 Å². The van der Waals surface area contributed by atoms with Crippen LogP contribution in [0.1, 0.15) is 25.8 Å². The van der Waals surface area contributed by atoms with Gasteiger partial charge in [0.15, 0.2) is 0 Å².